The van der Waals surface area contributed by atoms with Crippen molar-refractivity contribution in [2.45, 2.75) is 54.1 Å². The standard InChI is InChI=1S/C12H26O3/c1-9(2)7-13-11(5)15-12(6)14-8-10(3)4/h9-12H,7-8H2,1-6H3. The van der Waals surface area contributed by atoms with Gasteiger partial charge in [0, 0.05) is 0 Å². The second-order valence-corrected chi connectivity index (χ2v) is 4.73. The van der Waals surface area contributed by atoms with Crippen LogP contribution in [0.2, 0.25) is 0 Å². The molecule has 0 aromatic heterocycles. The van der Waals surface area contributed by atoms with Crippen LogP contribution in [0.25, 0.3) is 0 Å². The fraction of sp³-hybridized carbons (Fsp3) is 1.00. The zero-order valence-corrected chi connectivity index (χ0v) is 10.9. The molecule has 0 amide bonds. The molecular formula is C12H26O3. The zero-order valence-electron chi connectivity index (χ0n) is 10.9. The minimum absolute atomic E-state index is 0.199. The average molecular weight is 218 g/mol. The summed E-state index contributed by atoms with van der Waals surface area (Å²) < 4.78 is 16.5. The van der Waals surface area contributed by atoms with Crippen molar-refractivity contribution < 1.29 is 14.2 Å². The van der Waals surface area contributed by atoms with Gasteiger partial charge in [0.15, 0.2) is 12.6 Å². The van der Waals surface area contributed by atoms with E-state index in [1.54, 1.807) is 0 Å². The fourth-order valence-electron chi connectivity index (χ4n) is 1.00. The molecule has 92 valence electrons. The highest BCUT2D eigenvalue weighted by Crippen LogP contribution is 2.05. The Labute approximate surface area is 94.1 Å². The Bertz CT molecular complexity index is 130. The maximum absolute atomic E-state index is 5.51. The van der Waals surface area contributed by atoms with Gasteiger partial charge in [-0.3, -0.25) is 0 Å². The van der Waals surface area contributed by atoms with E-state index in [0.29, 0.717) is 11.8 Å². The minimum atomic E-state index is -0.199. The maximum Gasteiger partial charge on any atom is 0.157 e. The molecular weight excluding hydrogens is 192 g/mol. The van der Waals surface area contributed by atoms with Crippen LogP contribution >= 0.6 is 0 Å². The van der Waals surface area contributed by atoms with Gasteiger partial charge in [0.25, 0.3) is 0 Å². The van der Waals surface area contributed by atoms with Gasteiger partial charge < -0.3 is 14.2 Å². The van der Waals surface area contributed by atoms with Crippen molar-refractivity contribution in [3.05, 3.63) is 0 Å². The van der Waals surface area contributed by atoms with Crippen molar-refractivity contribution in [2.75, 3.05) is 13.2 Å². The van der Waals surface area contributed by atoms with Crippen LogP contribution in [0.1, 0.15) is 41.5 Å². The third kappa shape index (κ3) is 10.2. The van der Waals surface area contributed by atoms with Crippen LogP contribution in [0.3, 0.4) is 0 Å². The molecule has 0 fully saturated rings. The zero-order chi connectivity index (χ0) is 11.8. The van der Waals surface area contributed by atoms with Crippen LogP contribution in [0, 0.1) is 11.8 Å². The van der Waals surface area contributed by atoms with Crippen LogP contribution in [-0.4, -0.2) is 25.8 Å². The molecule has 3 heteroatoms. The maximum atomic E-state index is 5.51. The molecule has 0 bridgehead atoms. The quantitative estimate of drug-likeness (QED) is 0.586. The molecule has 3 nitrogen and oxygen atoms in total. The first-order valence-corrected chi connectivity index (χ1v) is 5.80. The van der Waals surface area contributed by atoms with E-state index in [2.05, 4.69) is 27.7 Å². The summed E-state index contributed by atoms with van der Waals surface area (Å²) in [5.74, 6) is 1.06. The minimum Gasteiger partial charge on any atom is -0.353 e. The van der Waals surface area contributed by atoms with Crippen molar-refractivity contribution in [3.8, 4) is 0 Å². The highest BCUT2D eigenvalue weighted by molar-refractivity contribution is 4.44. The van der Waals surface area contributed by atoms with E-state index in [-0.39, 0.29) is 12.6 Å². The Morgan fingerprint density at radius 1 is 0.667 bits per heavy atom. The van der Waals surface area contributed by atoms with Crippen LogP contribution in [0.15, 0.2) is 0 Å². The highest BCUT2D eigenvalue weighted by Gasteiger charge is 2.10. The molecule has 0 saturated heterocycles. The third-order valence-corrected chi connectivity index (χ3v) is 1.71. The summed E-state index contributed by atoms with van der Waals surface area (Å²) >= 11 is 0. The molecule has 15 heavy (non-hydrogen) atoms. The summed E-state index contributed by atoms with van der Waals surface area (Å²) in [4.78, 5) is 0. The molecule has 0 aliphatic rings. The first-order chi connectivity index (χ1) is 6.91. The van der Waals surface area contributed by atoms with Crippen molar-refractivity contribution in [1.82, 2.24) is 0 Å². The molecule has 0 saturated carbocycles. The van der Waals surface area contributed by atoms with Gasteiger partial charge in [0.2, 0.25) is 0 Å². The molecule has 0 rings (SSSR count). The molecule has 0 radical (unpaired) electrons. The summed E-state index contributed by atoms with van der Waals surface area (Å²) in [6, 6.07) is 0. The molecule has 0 aliphatic carbocycles. The van der Waals surface area contributed by atoms with E-state index in [4.69, 9.17) is 14.2 Å². The Morgan fingerprint density at radius 3 is 1.27 bits per heavy atom. The van der Waals surface area contributed by atoms with Gasteiger partial charge >= 0.3 is 0 Å². The molecule has 0 N–H and O–H groups in total. The molecule has 0 spiro atoms. The lowest BCUT2D eigenvalue weighted by Gasteiger charge is -2.21. The molecule has 0 aliphatic heterocycles. The van der Waals surface area contributed by atoms with E-state index in [1.807, 2.05) is 13.8 Å². The van der Waals surface area contributed by atoms with Crippen LogP contribution in [0.5, 0.6) is 0 Å². The first kappa shape index (κ1) is 14.9. The van der Waals surface area contributed by atoms with E-state index >= 15 is 0 Å². The SMILES string of the molecule is CC(C)COC(C)OC(C)OCC(C)C. The summed E-state index contributed by atoms with van der Waals surface area (Å²) in [6.07, 6.45) is -0.399. The molecule has 0 aromatic carbocycles. The van der Waals surface area contributed by atoms with Gasteiger partial charge in [-0.15, -0.1) is 0 Å². The molecule has 0 aromatic rings. The van der Waals surface area contributed by atoms with Crippen LogP contribution in [-0.2, 0) is 14.2 Å². The van der Waals surface area contributed by atoms with Gasteiger partial charge in [-0.05, 0) is 25.7 Å². The number of hydrogen-bond donors (Lipinski definition) is 0. The molecule has 0 heterocycles. The van der Waals surface area contributed by atoms with Crippen molar-refractivity contribution >= 4 is 0 Å². The Balaban J connectivity index is 3.52. The Hall–Kier alpha value is -0.120. The van der Waals surface area contributed by atoms with Crippen molar-refractivity contribution in [3.63, 3.8) is 0 Å². The van der Waals surface area contributed by atoms with E-state index in [9.17, 15) is 0 Å². The predicted molar refractivity (Wildman–Crippen MR) is 61.6 cm³/mol. The van der Waals surface area contributed by atoms with E-state index < -0.39 is 0 Å². The van der Waals surface area contributed by atoms with Gasteiger partial charge in [-0.1, -0.05) is 27.7 Å². The van der Waals surface area contributed by atoms with E-state index in [0.717, 1.165) is 13.2 Å². The average Bonchev–Trinajstić information content (AvgIpc) is 2.11. The van der Waals surface area contributed by atoms with Crippen LogP contribution < -0.4 is 0 Å². The topological polar surface area (TPSA) is 27.7 Å². The fourth-order valence-corrected chi connectivity index (χ4v) is 1.00. The largest absolute Gasteiger partial charge is 0.353 e. The monoisotopic (exact) mass is 218 g/mol. The molecule has 2 unspecified atom stereocenters. The Kier molecular flexibility index (Phi) is 8.02. The lowest BCUT2D eigenvalue weighted by atomic mass is 10.2. The molecule has 2 atom stereocenters. The lowest BCUT2D eigenvalue weighted by Crippen LogP contribution is -2.24. The number of rotatable bonds is 8. The van der Waals surface area contributed by atoms with Gasteiger partial charge in [0.1, 0.15) is 0 Å². The van der Waals surface area contributed by atoms with Crippen molar-refractivity contribution in [2.24, 2.45) is 11.8 Å². The normalized spacial score (nSPS) is 16.0. The summed E-state index contributed by atoms with van der Waals surface area (Å²) in [5, 5.41) is 0. The Morgan fingerprint density at radius 2 is 1.00 bits per heavy atom. The first-order valence-electron chi connectivity index (χ1n) is 5.80. The van der Waals surface area contributed by atoms with E-state index in [1.165, 1.54) is 0 Å². The second-order valence-electron chi connectivity index (χ2n) is 4.73. The summed E-state index contributed by atoms with van der Waals surface area (Å²) in [5.41, 5.74) is 0. The second kappa shape index (κ2) is 8.08. The van der Waals surface area contributed by atoms with Gasteiger partial charge in [0.05, 0.1) is 13.2 Å². The third-order valence-electron chi connectivity index (χ3n) is 1.71. The van der Waals surface area contributed by atoms with Gasteiger partial charge in [-0.2, -0.15) is 0 Å². The van der Waals surface area contributed by atoms with Crippen LogP contribution in [0.4, 0.5) is 0 Å². The summed E-state index contributed by atoms with van der Waals surface area (Å²) in [6.45, 7) is 13.7. The van der Waals surface area contributed by atoms with Gasteiger partial charge in [-0.25, -0.2) is 0 Å². The number of ether oxygens (including phenoxy) is 3. The highest BCUT2D eigenvalue weighted by atomic mass is 16.8. The predicted octanol–water partition coefficient (Wildman–Crippen LogP) is 3.04. The van der Waals surface area contributed by atoms with Crippen molar-refractivity contribution in [1.29, 1.82) is 0 Å². The summed E-state index contributed by atoms with van der Waals surface area (Å²) in [7, 11) is 0. The number of hydrogen-bond acceptors (Lipinski definition) is 3. The lowest BCUT2D eigenvalue weighted by molar-refractivity contribution is -0.236. The smallest absolute Gasteiger partial charge is 0.157 e.